The second kappa shape index (κ2) is 5.38. The lowest BCUT2D eigenvalue weighted by Crippen LogP contribution is -1.99. The van der Waals surface area contributed by atoms with E-state index in [-0.39, 0.29) is 0 Å². The van der Waals surface area contributed by atoms with Crippen LogP contribution in [0.4, 0.5) is 5.82 Å². The summed E-state index contributed by atoms with van der Waals surface area (Å²) >= 11 is 7.38. The van der Waals surface area contributed by atoms with Crippen LogP contribution in [0, 0.1) is 0 Å². The van der Waals surface area contributed by atoms with Crippen LogP contribution < -0.4 is 5.73 Å². The fourth-order valence-electron chi connectivity index (χ4n) is 1.33. The van der Waals surface area contributed by atoms with Crippen molar-refractivity contribution in [3.63, 3.8) is 0 Å². The van der Waals surface area contributed by atoms with Gasteiger partial charge in [0.2, 0.25) is 0 Å². The van der Waals surface area contributed by atoms with E-state index in [1.165, 1.54) is 0 Å². The highest BCUT2D eigenvalue weighted by Gasteiger charge is 2.03. The summed E-state index contributed by atoms with van der Waals surface area (Å²) in [6.07, 6.45) is 0.777. The van der Waals surface area contributed by atoms with Crippen molar-refractivity contribution in [1.29, 1.82) is 0 Å². The Labute approximate surface area is 109 Å². The molecule has 0 aliphatic carbocycles. The van der Waals surface area contributed by atoms with Gasteiger partial charge in [0.1, 0.15) is 16.7 Å². The Morgan fingerprint density at radius 3 is 2.59 bits per heavy atom. The van der Waals surface area contributed by atoms with Gasteiger partial charge in [0, 0.05) is 22.4 Å². The van der Waals surface area contributed by atoms with Crippen molar-refractivity contribution in [2.75, 3.05) is 5.73 Å². The molecule has 1 aromatic carbocycles. The van der Waals surface area contributed by atoms with E-state index in [1.807, 2.05) is 31.2 Å². The molecule has 17 heavy (non-hydrogen) atoms. The van der Waals surface area contributed by atoms with Crippen molar-refractivity contribution in [2.24, 2.45) is 0 Å². The van der Waals surface area contributed by atoms with E-state index in [0.29, 0.717) is 5.82 Å². The molecule has 5 heteroatoms. The van der Waals surface area contributed by atoms with Gasteiger partial charge in [-0.2, -0.15) is 0 Å². The van der Waals surface area contributed by atoms with Crippen LogP contribution in [0.1, 0.15) is 12.7 Å². The quantitative estimate of drug-likeness (QED) is 0.864. The summed E-state index contributed by atoms with van der Waals surface area (Å²) in [6, 6.07) is 9.40. The first-order valence-electron chi connectivity index (χ1n) is 5.24. The molecular formula is C12H12ClN3S. The Morgan fingerprint density at radius 2 is 1.94 bits per heavy atom. The molecule has 0 bridgehead atoms. The topological polar surface area (TPSA) is 51.8 Å². The van der Waals surface area contributed by atoms with Gasteiger partial charge in [-0.1, -0.05) is 30.3 Å². The van der Waals surface area contributed by atoms with Crippen LogP contribution in [0.25, 0.3) is 0 Å². The minimum absolute atomic E-state index is 0.508. The maximum Gasteiger partial charge on any atom is 0.131 e. The molecule has 1 heterocycles. The zero-order valence-electron chi connectivity index (χ0n) is 9.35. The van der Waals surface area contributed by atoms with Crippen LogP contribution in [0.5, 0.6) is 0 Å². The fraction of sp³-hybridized carbons (Fsp3) is 0.167. The number of hydrogen-bond donors (Lipinski definition) is 1. The molecule has 2 N–H and O–H groups in total. The molecule has 0 saturated heterocycles. The molecule has 0 atom stereocenters. The van der Waals surface area contributed by atoms with Gasteiger partial charge < -0.3 is 5.73 Å². The van der Waals surface area contributed by atoms with Crippen molar-refractivity contribution >= 4 is 29.2 Å². The summed E-state index contributed by atoms with van der Waals surface area (Å²) in [5, 5.41) is 1.59. The van der Waals surface area contributed by atoms with Crippen LogP contribution >= 0.6 is 23.4 Å². The Hall–Kier alpha value is -1.26. The maximum absolute atomic E-state index is 5.83. The summed E-state index contributed by atoms with van der Waals surface area (Å²) in [5.74, 6) is 1.27. The number of nitrogens with zero attached hydrogens (tertiary/aromatic N) is 2. The van der Waals surface area contributed by atoms with Crippen LogP contribution in [0.2, 0.25) is 5.02 Å². The molecule has 0 fully saturated rings. The smallest absolute Gasteiger partial charge is 0.131 e. The monoisotopic (exact) mass is 265 g/mol. The number of nitrogen functional groups attached to an aromatic ring is 1. The molecule has 0 saturated carbocycles. The number of aromatic nitrogens is 2. The van der Waals surface area contributed by atoms with Gasteiger partial charge in [-0.05, 0) is 24.3 Å². The first-order chi connectivity index (χ1) is 8.17. The largest absolute Gasteiger partial charge is 0.384 e. The van der Waals surface area contributed by atoms with E-state index in [0.717, 1.165) is 27.2 Å². The third-order valence-corrected chi connectivity index (χ3v) is 3.30. The van der Waals surface area contributed by atoms with Crippen molar-refractivity contribution in [2.45, 2.75) is 23.3 Å². The van der Waals surface area contributed by atoms with Crippen LogP contribution in [-0.4, -0.2) is 9.97 Å². The van der Waals surface area contributed by atoms with Crippen LogP contribution in [0.15, 0.2) is 40.3 Å². The van der Waals surface area contributed by atoms with Gasteiger partial charge in [-0.25, -0.2) is 9.97 Å². The lowest BCUT2D eigenvalue weighted by Gasteiger charge is -2.04. The van der Waals surface area contributed by atoms with Crippen molar-refractivity contribution < 1.29 is 0 Å². The minimum Gasteiger partial charge on any atom is -0.384 e. The molecule has 2 aromatic rings. The molecule has 2 rings (SSSR count). The van der Waals surface area contributed by atoms with Crippen molar-refractivity contribution in [1.82, 2.24) is 9.97 Å². The third kappa shape index (κ3) is 3.35. The van der Waals surface area contributed by atoms with Crippen molar-refractivity contribution in [3.05, 3.63) is 41.2 Å². The SMILES string of the molecule is CCc1nc(N)cc(Sc2ccc(Cl)cc2)n1. The van der Waals surface area contributed by atoms with E-state index in [4.69, 9.17) is 17.3 Å². The molecule has 0 spiro atoms. The standard InChI is InChI=1S/C12H12ClN3S/c1-2-11-15-10(14)7-12(16-11)17-9-5-3-8(13)4-6-9/h3-7H,2H2,1H3,(H2,14,15,16). The second-order valence-corrected chi connectivity index (χ2v) is 4.99. The number of nitrogens with two attached hydrogens (primary N) is 1. The van der Waals surface area contributed by atoms with Crippen LogP contribution in [0.3, 0.4) is 0 Å². The number of halogens is 1. The zero-order valence-corrected chi connectivity index (χ0v) is 10.9. The Balaban J connectivity index is 2.23. The fourth-order valence-corrected chi connectivity index (χ4v) is 2.30. The Bertz CT molecular complexity index is 514. The second-order valence-electron chi connectivity index (χ2n) is 3.46. The average molecular weight is 266 g/mol. The molecular weight excluding hydrogens is 254 g/mol. The number of hydrogen-bond acceptors (Lipinski definition) is 4. The van der Waals surface area contributed by atoms with E-state index < -0.39 is 0 Å². The lowest BCUT2D eigenvalue weighted by atomic mass is 10.4. The highest BCUT2D eigenvalue weighted by Crippen LogP contribution is 2.27. The van der Waals surface area contributed by atoms with Gasteiger partial charge in [-0.3, -0.25) is 0 Å². The summed E-state index contributed by atoms with van der Waals surface area (Å²) in [5.41, 5.74) is 5.73. The zero-order chi connectivity index (χ0) is 12.3. The minimum atomic E-state index is 0.508. The summed E-state index contributed by atoms with van der Waals surface area (Å²) in [7, 11) is 0. The molecule has 0 aliphatic heterocycles. The highest BCUT2D eigenvalue weighted by molar-refractivity contribution is 7.99. The maximum atomic E-state index is 5.83. The number of aryl methyl sites for hydroxylation is 1. The summed E-state index contributed by atoms with van der Waals surface area (Å²) < 4.78 is 0. The van der Waals surface area contributed by atoms with Gasteiger partial charge in [0.25, 0.3) is 0 Å². The van der Waals surface area contributed by atoms with Gasteiger partial charge >= 0.3 is 0 Å². The van der Waals surface area contributed by atoms with Gasteiger partial charge in [0.15, 0.2) is 0 Å². The van der Waals surface area contributed by atoms with E-state index in [9.17, 15) is 0 Å². The number of rotatable bonds is 3. The molecule has 3 nitrogen and oxygen atoms in total. The Kier molecular flexibility index (Phi) is 3.86. The normalized spacial score (nSPS) is 10.5. The molecule has 88 valence electrons. The molecule has 0 amide bonds. The number of anilines is 1. The average Bonchev–Trinajstić information content (AvgIpc) is 2.31. The summed E-state index contributed by atoms with van der Waals surface area (Å²) in [4.78, 5) is 9.63. The molecule has 1 aromatic heterocycles. The predicted molar refractivity (Wildman–Crippen MR) is 71.4 cm³/mol. The lowest BCUT2D eigenvalue weighted by molar-refractivity contribution is 0.894. The van der Waals surface area contributed by atoms with E-state index >= 15 is 0 Å². The third-order valence-electron chi connectivity index (χ3n) is 2.12. The van der Waals surface area contributed by atoms with E-state index in [2.05, 4.69) is 9.97 Å². The summed E-state index contributed by atoms with van der Waals surface area (Å²) in [6.45, 7) is 2.01. The van der Waals surface area contributed by atoms with Gasteiger partial charge in [-0.15, -0.1) is 0 Å². The van der Waals surface area contributed by atoms with Gasteiger partial charge in [0.05, 0.1) is 0 Å². The first kappa shape index (κ1) is 12.2. The van der Waals surface area contributed by atoms with Crippen molar-refractivity contribution in [3.8, 4) is 0 Å². The molecule has 0 unspecified atom stereocenters. The highest BCUT2D eigenvalue weighted by atomic mass is 35.5. The Morgan fingerprint density at radius 1 is 1.24 bits per heavy atom. The number of benzene rings is 1. The van der Waals surface area contributed by atoms with Crippen LogP contribution in [-0.2, 0) is 6.42 Å². The molecule has 0 aliphatic rings. The van der Waals surface area contributed by atoms with E-state index in [1.54, 1.807) is 17.8 Å². The molecule has 0 radical (unpaired) electrons. The first-order valence-corrected chi connectivity index (χ1v) is 6.43. The predicted octanol–water partition coefficient (Wildman–Crippen LogP) is 3.43.